The zero-order valence-electron chi connectivity index (χ0n) is 6.78. The average Bonchev–Trinajstić information content (AvgIpc) is 2.37. The molecule has 0 aromatic carbocycles. The van der Waals surface area contributed by atoms with Gasteiger partial charge in [0.1, 0.15) is 0 Å². The fourth-order valence-electron chi connectivity index (χ4n) is 0.669. The third-order valence-corrected chi connectivity index (χ3v) is 3.45. The lowest BCUT2D eigenvalue weighted by molar-refractivity contribution is 0.791. The minimum absolute atomic E-state index is 1.10. The van der Waals surface area contributed by atoms with Crippen LogP contribution in [0.4, 0.5) is 0 Å². The van der Waals surface area contributed by atoms with Crippen LogP contribution in [0.2, 0.25) is 0 Å². The van der Waals surface area contributed by atoms with Crippen molar-refractivity contribution in [2.75, 3.05) is 10.8 Å². The van der Waals surface area contributed by atoms with Gasteiger partial charge in [0.25, 0.3) is 0 Å². The lowest BCUT2D eigenvalue weighted by atomic mass is 10.9. The van der Waals surface area contributed by atoms with E-state index in [1.54, 1.807) is 11.8 Å². The van der Waals surface area contributed by atoms with Crippen LogP contribution >= 0.6 is 23.5 Å². The highest BCUT2D eigenvalue weighted by Crippen LogP contribution is 2.19. The molecule has 4 heteroatoms. The molecule has 11 heavy (non-hydrogen) atoms. The normalized spacial score (nSPS) is 10.4. The van der Waals surface area contributed by atoms with Crippen molar-refractivity contribution in [3.8, 4) is 0 Å². The van der Waals surface area contributed by atoms with Crippen molar-refractivity contribution >= 4 is 23.5 Å². The monoisotopic (exact) mass is 188 g/mol. The number of hydrogen-bond acceptors (Lipinski definition) is 3. The van der Waals surface area contributed by atoms with Gasteiger partial charge >= 0.3 is 0 Å². The third kappa shape index (κ3) is 2.79. The Morgan fingerprint density at radius 2 is 2.45 bits per heavy atom. The molecule has 0 saturated heterocycles. The molecular weight excluding hydrogens is 176 g/mol. The summed E-state index contributed by atoms with van der Waals surface area (Å²) in [5.41, 5.74) is 0. The van der Waals surface area contributed by atoms with Crippen molar-refractivity contribution in [3.05, 3.63) is 12.4 Å². The highest BCUT2D eigenvalue weighted by Gasteiger charge is 1.97. The van der Waals surface area contributed by atoms with Gasteiger partial charge in [0.15, 0.2) is 5.16 Å². The van der Waals surface area contributed by atoms with Crippen LogP contribution in [-0.2, 0) is 7.05 Å². The number of thioether (sulfide) groups is 2. The fraction of sp³-hybridized carbons (Fsp3) is 0.571. The molecule has 1 aromatic rings. The van der Waals surface area contributed by atoms with E-state index in [0.717, 1.165) is 10.2 Å². The maximum atomic E-state index is 4.20. The van der Waals surface area contributed by atoms with E-state index in [1.807, 2.05) is 35.8 Å². The summed E-state index contributed by atoms with van der Waals surface area (Å²) >= 11 is 3.72. The molecule has 0 fully saturated rings. The Kier molecular flexibility index (Phi) is 3.86. The average molecular weight is 188 g/mol. The summed E-state index contributed by atoms with van der Waals surface area (Å²) in [5.74, 6) is 1.18. The molecule has 62 valence electrons. The van der Waals surface area contributed by atoms with Crippen LogP contribution in [0.5, 0.6) is 0 Å². The molecule has 0 aliphatic carbocycles. The molecule has 0 unspecified atom stereocenters. The molecule has 0 bridgehead atoms. The number of aromatic nitrogens is 2. The van der Waals surface area contributed by atoms with Gasteiger partial charge < -0.3 is 4.57 Å². The summed E-state index contributed by atoms with van der Waals surface area (Å²) in [4.78, 5) is 4.20. The molecule has 1 aromatic heterocycles. The SMILES string of the molecule is CCSCSc1nccn1C. The van der Waals surface area contributed by atoms with Gasteiger partial charge in [-0.3, -0.25) is 0 Å². The first-order valence-corrected chi connectivity index (χ1v) is 5.66. The smallest absolute Gasteiger partial charge is 0.168 e. The number of rotatable bonds is 4. The lowest BCUT2D eigenvalue weighted by Crippen LogP contribution is -1.88. The molecule has 0 aliphatic rings. The predicted octanol–water partition coefficient (Wildman–Crippen LogP) is 2.22. The Hall–Kier alpha value is -0.0900. The topological polar surface area (TPSA) is 17.8 Å². The highest BCUT2D eigenvalue weighted by atomic mass is 32.2. The Balaban J connectivity index is 2.32. The van der Waals surface area contributed by atoms with Crippen LogP contribution < -0.4 is 0 Å². The number of imidazole rings is 1. The predicted molar refractivity (Wildman–Crippen MR) is 52.1 cm³/mol. The number of nitrogens with zero attached hydrogens (tertiary/aromatic N) is 2. The van der Waals surface area contributed by atoms with E-state index >= 15 is 0 Å². The van der Waals surface area contributed by atoms with Crippen LogP contribution in [0, 0.1) is 0 Å². The van der Waals surface area contributed by atoms with Crippen molar-refractivity contribution in [1.82, 2.24) is 9.55 Å². The van der Waals surface area contributed by atoms with Crippen molar-refractivity contribution < 1.29 is 0 Å². The second kappa shape index (κ2) is 4.72. The molecule has 2 nitrogen and oxygen atoms in total. The Labute approximate surface area is 75.8 Å². The first-order valence-electron chi connectivity index (χ1n) is 3.52. The summed E-state index contributed by atoms with van der Waals surface area (Å²) < 4.78 is 2.04. The molecule has 0 spiro atoms. The van der Waals surface area contributed by atoms with Gasteiger partial charge in [0.05, 0.1) is 0 Å². The van der Waals surface area contributed by atoms with Crippen molar-refractivity contribution in [3.63, 3.8) is 0 Å². The first-order chi connectivity index (χ1) is 5.34. The third-order valence-electron chi connectivity index (χ3n) is 1.25. The molecule has 0 radical (unpaired) electrons. The van der Waals surface area contributed by atoms with E-state index in [2.05, 4.69) is 11.9 Å². The van der Waals surface area contributed by atoms with Crippen LogP contribution in [0.3, 0.4) is 0 Å². The second-order valence-electron chi connectivity index (χ2n) is 2.08. The van der Waals surface area contributed by atoms with Gasteiger partial charge in [-0.05, 0) is 5.75 Å². The quantitative estimate of drug-likeness (QED) is 0.410. The minimum Gasteiger partial charge on any atom is -0.329 e. The van der Waals surface area contributed by atoms with Gasteiger partial charge in [-0.1, -0.05) is 18.7 Å². The molecule has 0 amide bonds. The largest absolute Gasteiger partial charge is 0.329 e. The number of hydrogen-bond donors (Lipinski definition) is 0. The van der Waals surface area contributed by atoms with Crippen molar-refractivity contribution in [1.29, 1.82) is 0 Å². The minimum atomic E-state index is 1.10. The Morgan fingerprint density at radius 1 is 1.64 bits per heavy atom. The molecule has 0 saturated carbocycles. The maximum absolute atomic E-state index is 4.20. The standard InChI is InChI=1S/C7H12N2S2/c1-3-10-6-11-7-8-4-5-9(7)2/h4-5H,3,6H2,1-2H3. The maximum Gasteiger partial charge on any atom is 0.168 e. The summed E-state index contributed by atoms with van der Waals surface area (Å²) in [6, 6.07) is 0. The van der Waals surface area contributed by atoms with Crippen molar-refractivity contribution in [2.45, 2.75) is 12.1 Å². The Morgan fingerprint density at radius 3 is 3.00 bits per heavy atom. The van der Waals surface area contributed by atoms with Crippen LogP contribution in [0.1, 0.15) is 6.92 Å². The van der Waals surface area contributed by atoms with Gasteiger partial charge in [-0.25, -0.2) is 4.98 Å². The summed E-state index contributed by atoms with van der Waals surface area (Å²) in [6.45, 7) is 2.17. The number of aryl methyl sites for hydroxylation is 1. The van der Waals surface area contributed by atoms with E-state index in [1.165, 1.54) is 5.75 Å². The second-order valence-corrected chi connectivity index (χ2v) is 4.66. The Bertz CT molecular complexity index is 210. The van der Waals surface area contributed by atoms with E-state index in [-0.39, 0.29) is 0 Å². The summed E-state index contributed by atoms with van der Waals surface area (Å²) in [7, 11) is 2.02. The molecule has 1 rings (SSSR count). The summed E-state index contributed by atoms with van der Waals surface area (Å²) in [6.07, 6.45) is 3.80. The molecular formula is C7H12N2S2. The highest BCUT2D eigenvalue weighted by molar-refractivity contribution is 8.15. The zero-order chi connectivity index (χ0) is 8.10. The van der Waals surface area contributed by atoms with Crippen molar-refractivity contribution in [2.24, 2.45) is 7.05 Å². The van der Waals surface area contributed by atoms with E-state index in [0.29, 0.717) is 0 Å². The lowest BCUT2D eigenvalue weighted by Gasteiger charge is -1.98. The van der Waals surface area contributed by atoms with Gasteiger partial charge in [-0.15, -0.1) is 0 Å². The van der Waals surface area contributed by atoms with E-state index < -0.39 is 0 Å². The van der Waals surface area contributed by atoms with Crippen LogP contribution in [0.15, 0.2) is 17.6 Å². The molecule has 0 N–H and O–H groups in total. The van der Waals surface area contributed by atoms with Gasteiger partial charge in [0, 0.05) is 24.5 Å². The van der Waals surface area contributed by atoms with E-state index in [4.69, 9.17) is 0 Å². The molecule has 0 aliphatic heterocycles. The first kappa shape index (κ1) is 9.00. The molecule has 0 atom stereocenters. The summed E-state index contributed by atoms with van der Waals surface area (Å²) in [5, 5.41) is 2.20. The molecule has 1 heterocycles. The van der Waals surface area contributed by atoms with Gasteiger partial charge in [-0.2, -0.15) is 11.8 Å². The van der Waals surface area contributed by atoms with Gasteiger partial charge in [0.2, 0.25) is 0 Å². The van der Waals surface area contributed by atoms with Crippen LogP contribution in [-0.4, -0.2) is 20.4 Å². The van der Waals surface area contributed by atoms with E-state index in [9.17, 15) is 0 Å². The fourth-order valence-corrected chi connectivity index (χ4v) is 2.49. The van der Waals surface area contributed by atoms with Crippen LogP contribution in [0.25, 0.3) is 0 Å². The zero-order valence-corrected chi connectivity index (χ0v) is 8.41.